The molecule has 0 saturated heterocycles. The minimum Gasteiger partial charge on any atom is -0.329 e. The van der Waals surface area contributed by atoms with Gasteiger partial charge in [0.1, 0.15) is 5.82 Å². The summed E-state index contributed by atoms with van der Waals surface area (Å²) in [6, 6.07) is 11.7. The molecule has 2 rings (SSSR count). The number of nitrogens with zero attached hydrogens (tertiary/aromatic N) is 2. The van der Waals surface area contributed by atoms with Crippen molar-refractivity contribution in [3.63, 3.8) is 0 Å². The Morgan fingerprint density at radius 1 is 1.12 bits per heavy atom. The standard InChI is InChI=1S/C13H12BrClN2/c1-9-12(14)7-8-13(16-9)17(2)11-5-3-10(15)4-6-11/h3-8H,1-2H3. The Labute approximate surface area is 114 Å². The molecule has 0 aliphatic heterocycles. The van der Waals surface area contributed by atoms with Crippen molar-refractivity contribution >= 4 is 39.0 Å². The highest BCUT2D eigenvalue weighted by Crippen LogP contribution is 2.25. The molecule has 0 aliphatic carbocycles. The summed E-state index contributed by atoms with van der Waals surface area (Å²) in [5.74, 6) is 0.910. The van der Waals surface area contributed by atoms with Crippen LogP contribution >= 0.6 is 27.5 Å². The summed E-state index contributed by atoms with van der Waals surface area (Å²) < 4.78 is 1.02. The van der Waals surface area contributed by atoms with Gasteiger partial charge < -0.3 is 4.90 Å². The van der Waals surface area contributed by atoms with Crippen LogP contribution in [0.25, 0.3) is 0 Å². The SMILES string of the molecule is Cc1nc(N(C)c2ccc(Cl)cc2)ccc1Br. The number of aryl methyl sites for hydroxylation is 1. The third kappa shape index (κ3) is 2.79. The summed E-state index contributed by atoms with van der Waals surface area (Å²) in [6.07, 6.45) is 0. The Hall–Kier alpha value is -1.06. The van der Waals surface area contributed by atoms with Gasteiger partial charge in [-0.05, 0) is 59.3 Å². The summed E-state index contributed by atoms with van der Waals surface area (Å²) in [4.78, 5) is 6.54. The molecule has 0 bridgehead atoms. The van der Waals surface area contributed by atoms with E-state index in [4.69, 9.17) is 11.6 Å². The van der Waals surface area contributed by atoms with Gasteiger partial charge in [-0.15, -0.1) is 0 Å². The molecular formula is C13H12BrClN2. The van der Waals surface area contributed by atoms with Crippen LogP contribution in [0.15, 0.2) is 40.9 Å². The molecule has 1 aromatic carbocycles. The Bertz CT molecular complexity index is 525. The highest BCUT2D eigenvalue weighted by Gasteiger charge is 2.06. The maximum absolute atomic E-state index is 5.87. The summed E-state index contributed by atoms with van der Waals surface area (Å²) in [5, 5.41) is 0.738. The van der Waals surface area contributed by atoms with Crippen LogP contribution in [0.2, 0.25) is 5.02 Å². The molecule has 0 spiro atoms. The van der Waals surface area contributed by atoms with Crippen LogP contribution in [-0.4, -0.2) is 12.0 Å². The number of benzene rings is 1. The van der Waals surface area contributed by atoms with Gasteiger partial charge in [0.15, 0.2) is 0 Å². The Balaban J connectivity index is 2.33. The van der Waals surface area contributed by atoms with E-state index in [1.165, 1.54) is 0 Å². The second-order valence-corrected chi connectivity index (χ2v) is 5.06. The number of anilines is 2. The predicted octanol–water partition coefficient (Wildman–Crippen LogP) is 4.57. The molecule has 0 amide bonds. The molecule has 2 aromatic rings. The summed E-state index contributed by atoms with van der Waals surface area (Å²) in [7, 11) is 1.99. The smallest absolute Gasteiger partial charge is 0.133 e. The normalized spacial score (nSPS) is 10.4. The Morgan fingerprint density at radius 3 is 2.35 bits per heavy atom. The van der Waals surface area contributed by atoms with E-state index >= 15 is 0 Å². The van der Waals surface area contributed by atoms with Gasteiger partial charge in [0.2, 0.25) is 0 Å². The minimum atomic E-state index is 0.738. The number of aromatic nitrogens is 1. The average molecular weight is 312 g/mol. The summed E-state index contributed by atoms with van der Waals surface area (Å²) >= 11 is 9.31. The molecular weight excluding hydrogens is 300 g/mol. The molecule has 0 saturated carbocycles. The molecule has 4 heteroatoms. The van der Waals surface area contributed by atoms with Crippen molar-refractivity contribution in [2.45, 2.75) is 6.92 Å². The zero-order valence-corrected chi connectivity index (χ0v) is 12.0. The van der Waals surface area contributed by atoms with Gasteiger partial charge in [-0.2, -0.15) is 0 Å². The molecule has 2 nitrogen and oxygen atoms in total. The molecule has 0 fully saturated rings. The van der Waals surface area contributed by atoms with Gasteiger partial charge in [-0.1, -0.05) is 11.6 Å². The maximum Gasteiger partial charge on any atom is 0.133 e. The fraction of sp³-hybridized carbons (Fsp3) is 0.154. The zero-order valence-electron chi connectivity index (χ0n) is 9.61. The highest BCUT2D eigenvalue weighted by molar-refractivity contribution is 9.10. The van der Waals surface area contributed by atoms with Crippen molar-refractivity contribution in [1.29, 1.82) is 0 Å². The maximum atomic E-state index is 5.87. The first-order chi connectivity index (χ1) is 8.08. The molecule has 0 radical (unpaired) electrons. The first kappa shape index (κ1) is 12.4. The van der Waals surface area contributed by atoms with Crippen LogP contribution < -0.4 is 4.90 Å². The van der Waals surface area contributed by atoms with Crippen LogP contribution in [-0.2, 0) is 0 Å². The van der Waals surface area contributed by atoms with Crippen LogP contribution in [0.1, 0.15) is 5.69 Å². The first-order valence-corrected chi connectivity index (χ1v) is 6.37. The average Bonchev–Trinajstić information content (AvgIpc) is 2.33. The number of hydrogen-bond donors (Lipinski definition) is 0. The monoisotopic (exact) mass is 310 g/mol. The predicted molar refractivity (Wildman–Crippen MR) is 76.2 cm³/mol. The van der Waals surface area contributed by atoms with Crippen molar-refractivity contribution in [3.8, 4) is 0 Å². The topological polar surface area (TPSA) is 16.1 Å². The third-order valence-electron chi connectivity index (χ3n) is 2.56. The van der Waals surface area contributed by atoms with Gasteiger partial charge in [0.05, 0.1) is 5.69 Å². The molecule has 1 aromatic heterocycles. The molecule has 17 heavy (non-hydrogen) atoms. The molecule has 0 N–H and O–H groups in total. The highest BCUT2D eigenvalue weighted by atomic mass is 79.9. The van der Waals surface area contributed by atoms with E-state index in [0.29, 0.717) is 0 Å². The summed E-state index contributed by atoms with van der Waals surface area (Å²) in [6.45, 7) is 1.98. The van der Waals surface area contributed by atoms with Gasteiger partial charge in [-0.25, -0.2) is 4.98 Å². The lowest BCUT2D eigenvalue weighted by Crippen LogP contribution is -2.11. The lowest BCUT2D eigenvalue weighted by Gasteiger charge is -2.19. The number of hydrogen-bond acceptors (Lipinski definition) is 2. The Kier molecular flexibility index (Phi) is 3.69. The number of halogens is 2. The van der Waals surface area contributed by atoms with Crippen LogP contribution in [0.3, 0.4) is 0 Å². The van der Waals surface area contributed by atoms with Gasteiger partial charge in [0.25, 0.3) is 0 Å². The fourth-order valence-electron chi connectivity index (χ4n) is 1.51. The van der Waals surface area contributed by atoms with E-state index < -0.39 is 0 Å². The van der Waals surface area contributed by atoms with E-state index in [-0.39, 0.29) is 0 Å². The number of pyridine rings is 1. The third-order valence-corrected chi connectivity index (χ3v) is 3.65. The molecule has 0 aliphatic rings. The second-order valence-electron chi connectivity index (χ2n) is 3.77. The molecule has 1 heterocycles. The molecule has 88 valence electrons. The number of rotatable bonds is 2. The van der Waals surface area contributed by atoms with Crippen molar-refractivity contribution in [3.05, 3.63) is 51.6 Å². The van der Waals surface area contributed by atoms with Crippen molar-refractivity contribution in [2.24, 2.45) is 0 Å². The van der Waals surface area contributed by atoms with Gasteiger partial charge >= 0.3 is 0 Å². The fourth-order valence-corrected chi connectivity index (χ4v) is 1.86. The van der Waals surface area contributed by atoms with E-state index in [1.54, 1.807) is 0 Å². The lowest BCUT2D eigenvalue weighted by atomic mass is 10.3. The molecule has 0 atom stereocenters. The first-order valence-electron chi connectivity index (χ1n) is 5.20. The minimum absolute atomic E-state index is 0.738. The van der Waals surface area contributed by atoms with Gasteiger partial charge in [0, 0.05) is 22.2 Å². The van der Waals surface area contributed by atoms with Gasteiger partial charge in [-0.3, -0.25) is 0 Å². The second kappa shape index (κ2) is 5.07. The van der Waals surface area contributed by atoms with Crippen molar-refractivity contribution in [2.75, 3.05) is 11.9 Å². The van der Waals surface area contributed by atoms with Crippen molar-refractivity contribution < 1.29 is 0 Å². The molecule has 0 unspecified atom stereocenters. The quantitative estimate of drug-likeness (QED) is 0.807. The van der Waals surface area contributed by atoms with E-state index in [0.717, 1.165) is 26.7 Å². The summed E-state index contributed by atoms with van der Waals surface area (Å²) in [5.41, 5.74) is 2.03. The largest absolute Gasteiger partial charge is 0.329 e. The zero-order chi connectivity index (χ0) is 12.4. The van der Waals surface area contributed by atoms with Crippen LogP contribution in [0.5, 0.6) is 0 Å². The van der Waals surface area contributed by atoms with Crippen molar-refractivity contribution in [1.82, 2.24) is 4.98 Å². The van der Waals surface area contributed by atoms with Crippen LogP contribution in [0.4, 0.5) is 11.5 Å². The van der Waals surface area contributed by atoms with Crippen LogP contribution in [0, 0.1) is 6.92 Å². The van der Waals surface area contributed by atoms with E-state index in [9.17, 15) is 0 Å². The Morgan fingerprint density at radius 2 is 1.76 bits per heavy atom. The lowest BCUT2D eigenvalue weighted by molar-refractivity contribution is 1.08. The van der Waals surface area contributed by atoms with E-state index in [1.807, 2.05) is 55.3 Å². The van der Waals surface area contributed by atoms with E-state index in [2.05, 4.69) is 20.9 Å².